The number of ether oxygens (including phenoxy) is 1. The van der Waals surface area contributed by atoms with Crippen LogP contribution < -0.4 is 10.1 Å². The summed E-state index contributed by atoms with van der Waals surface area (Å²) in [5.41, 5.74) is 1.71. The highest BCUT2D eigenvalue weighted by molar-refractivity contribution is 6.32. The predicted octanol–water partition coefficient (Wildman–Crippen LogP) is 3.96. The molecule has 3 rings (SSSR count). The molecule has 1 amide bonds. The number of carbonyl (C=O) groups excluding carboxylic acids is 1. The molecule has 1 aromatic carbocycles. The highest BCUT2D eigenvalue weighted by Gasteiger charge is 2.09. The van der Waals surface area contributed by atoms with Crippen LogP contribution in [-0.2, 0) is 6.61 Å². The molecule has 2 aromatic heterocycles. The van der Waals surface area contributed by atoms with Crippen molar-refractivity contribution in [2.75, 3.05) is 5.32 Å². The molecule has 0 aliphatic rings. The first-order valence-corrected chi connectivity index (χ1v) is 7.65. The number of nitrogens with one attached hydrogen (secondary N) is 1. The summed E-state index contributed by atoms with van der Waals surface area (Å²) in [5.74, 6) is 0.229. The first-order valence-electron chi connectivity index (χ1n) is 7.27. The summed E-state index contributed by atoms with van der Waals surface area (Å²) in [6.07, 6.45) is 3.27. The van der Waals surface area contributed by atoms with Crippen LogP contribution in [0.3, 0.4) is 0 Å². The van der Waals surface area contributed by atoms with Crippen LogP contribution in [0.1, 0.15) is 16.2 Å². The van der Waals surface area contributed by atoms with Crippen molar-refractivity contribution in [1.82, 2.24) is 9.97 Å². The lowest BCUT2D eigenvalue weighted by Gasteiger charge is -2.10. The average molecular weight is 340 g/mol. The van der Waals surface area contributed by atoms with E-state index in [0.29, 0.717) is 28.8 Å². The Morgan fingerprint density at radius 3 is 2.50 bits per heavy atom. The van der Waals surface area contributed by atoms with Gasteiger partial charge in [0.1, 0.15) is 18.1 Å². The van der Waals surface area contributed by atoms with Crippen molar-refractivity contribution < 1.29 is 9.53 Å². The molecule has 0 spiro atoms. The Labute approximate surface area is 144 Å². The van der Waals surface area contributed by atoms with Gasteiger partial charge in [0.15, 0.2) is 0 Å². The molecule has 2 heterocycles. The zero-order chi connectivity index (χ0) is 16.8. The van der Waals surface area contributed by atoms with Gasteiger partial charge in [-0.2, -0.15) is 0 Å². The molecule has 0 fully saturated rings. The molecule has 1 N–H and O–H groups in total. The molecule has 24 heavy (non-hydrogen) atoms. The fourth-order valence-electron chi connectivity index (χ4n) is 2.02. The fourth-order valence-corrected chi connectivity index (χ4v) is 2.26. The normalized spacial score (nSPS) is 10.2. The Kier molecular flexibility index (Phi) is 5.03. The summed E-state index contributed by atoms with van der Waals surface area (Å²) in [4.78, 5) is 20.2. The summed E-state index contributed by atoms with van der Waals surface area (Å²) in [5, 5.41) is 3.15. The zero-order valence-electron chi connectivity index (χ0n) is 12.6. The SMILES string of the molecule is O=C(Nc1ccc(OCc2ccccn2)c(Cl)c1)c1ccccn1. The molecule has 5 nitrogen and oxygen atoms in total. The van der Waals surface area contributed by atoms with Gasteiger partial charge in [0.2, 0.25) is 0 Å². The van der Waals surface area contributed by atoms with Crippen molar-refractivity contribution in [3.8, 4) is 5.75 Å². The van der Waals surface area contributed by atoms with Gasteiger partial charge in [-0.3, -0.25) is 14.8 Å². The minimum Gasteiger partial charge on any atom is -0.486 e. The molecule has 0 unspecified atom stereocenters. The lowest BCUT2D eigenvalue weighted by Crippen LogP contribution is -2.13. The second kappa shape index (κ2) is 7.57. The van der Waals surface area contributed by atoms with Crippen molar-refractivity contribution in [2.24, 2.45) is 0 Å². The number of rotatable bonds is 5. The third-order valence-corrected chi connectivity index (χ3v) is 3.48. The van der Waals surface area contributed by atoms with Crippen molar-refractivity contribution in [3.05, 3.63) is 83.4 Å². The molecule has 0 bridgehead atoms. The third-order valence-electron chi connectivity index (χ3n) is 3.19. The number of halogens is 1. The Hall–Kier alpha value is -2.92. The van der Waals surface area contributed by atoms with Gasteiger partial charge in [0.25, 0.3) is 5.91 Å². The van der Waals surface area contributed by atoms with E-state index < -0.39 is 0 Å². The van der Waals surface area contributed by atoms with E-state index in [1.807, 2.05) is 18.2 Å². The number of carbonyl (C=O) groups is 1. The molecule has 120 valence electrons. The van der Waals surface area contributed by atoms with E-state index in [2.05, 4.69) is 15.3 Å². The standard InChI is InChI=1S/C18H14ClN3O2/c19-15-11-13(22-18(23)16-6-2-4-10-21-16)7-8-17(15)24-12-14-5-1-3-9-20-14/h1-11H,12H2,(H,22,23). The first-order chi connectivity index (χ1) is 11.7. The van der Waals surface area contributed by atoms with Gasteiger partial charge in [-0.05, 0) is 42.5 Å². The lowest BCUT2D eigenvalue weighted by molar-refractivity contribution is 0.102. The molecular formula is C18H14ClN3O2. The van der Waals surface area contributed by atoms with Crippen molar-refractivity contribution >= 4 is 23.2 Å². The van der Waals surface area contributed by atoms with E-state index in [1.165, 1.54) is 0 Å². The zero-order valence-corrected chi connectivity index (χ0v) is 13.4. The van der Waals surface area contributed by atoms with E-state index in [-0.39, 0.29) is 5.91 Å². The van der Waals surface area contributed by atoms with Crippen molar-refractivity contribution in [3.63, 3.8) is 0 Å². The van der Waals surface area contributed by atoms with Crippen LogP contribution in [0.2, 0.25) is 5.02 Å². The second-order valence-electron chi connectivity index (χ2n) is 4.92. The fraction of sp³-hybridized carbons (Fsp3) is 0.0556. The summed E-state index contributed by atoms with van der Waals surface area (Å²) in [6.45, 7) is 0.320. The van der Waals surface area contributed by atoms with Gasteiger partial charge in [-0.25, -0.2) is 0 Å². The minimum absolute atomic E-state index is 0.297. The van der Waals surface area contributed by atoms with Gasteiger partial charge >= 0.3 is 0 Å². The molecule has 3 aromatic rings. The van der Waals surface area contributed by atoms with Gasteiger partial charge in [0, 0.05) is 18.1 Å². The highest BCUT2D eigenvalue weighted by atomic mass is 35.5. The van der Waals surface area contributed by atoms with Crippen molar-refractivity contribution in [2.45, 2.75) is 6.61 Å². The van der Waals surface area contributed by atoms with Crippen LogP contribution in [0.5, 0.6) is 5.75 Å². The number of pyridine rings is 2. The summed E-state index contributed by atoms with van der Waals surface area (Å²) < 4.78 is 5.65. The van der Waals surface area contributed by atoms with Gasteiger partial charge < -0.3 is 10.1 Å². The van der Waals surface area contributed by atoms with Crippen LogP contribution >= 0.6 is 11.6 Å². The molecule has 0 aliphatic heterocycles. The highest BCUT2D eigenvalue weighted by Crippen LogP contribution is 2.28. The van der Waals surface area contributed by atoms with E-state index in [9.17, 15) is 4.79 Å². The van der Waals surface area contributed by atoms with Crippen LogP contribution in [-0.4, -0.2) is 15.9 Å². The summed E-state index contributed by atoms with van der Waals surface area (Å²) in [7, 11) is 0. The number of anilines is 1. The molecule has 0 saturated heterocycles. The number of amides is 1. The van der Waals surface area contributed by atoms with Crippen LogP contribution in [0.25, 0.3) is 0 Å². The maximum Gasteiger partial charge on any atom is 0.274 e. The maximum atomic E-state index is 12.1. The van der Waals surface area contributed by atoms with E-state index in [0.717, 1.165) is 5.69 Å². The van der Waals surface area contributed by atoms with Crippen molar-refractivity contribution in [1.29, 1.82) is 0 Å². The lowest BCUT2D eigenvalue weighted by atomic mass is 10.2. The summed E-state index contributed by atoms with van der Waals surface area (Å²) >= 11 is 6.21. The van der Waals surface area contributed by atoms with Crippen LogP contribution in [0.4, 0.5) is 5.69 Å². The molecule has 6 heteroatoms. The van der Waals surface area contributed by atoms with E-state index in [4.69, 9.17) is 16.3 Å². The molecule has 0 saturated carbocycles. The Balaban J connectivity index is 1.65. The number of nitrogens with zero attached hydrogens (tertiary/aromatic N) is 2. The Morgan fingerprint density at radius 2 is 1.83 bits per heavy atom. The van der Waals surface area contributed by atoms with Crippen LogP contribution in [0, 0.1) is 0 Å². The number of benzene rings is 1. The average Bonchev–Trinajstić information content (AvgIpc) is 2.62. The van der Waals surface area contributed by atoms with Gasteiger partial charge in [-0.15, -0.1) is 0 Å². The Morgan fingerprint density at radius 1 is 1.04 bits per heavy atom. The van der Waals surface area contributed by atoms with E-state index in [1.54, 1.807) is 48.8 Å². The second-order valence-corrected chi connectivity index (χ2v) is 5.33. The molecule has 0 radical (unpaired) electrons. The number of hydrogen-bond donors (Lipinski definition) is 1. The predicted molar refractivity (Wildman–Crippen MR) is 92.2 cm³/mol. The van der Waals surface area contributed by atoms with Gasteiger partial charge in [-0.1, -0.05) is 23.7 Å². The van der Waals surface area contributed by atoms with Gasteiger partial charge in [0.05, 0.1) is 10.7 Å². The van der Waals surface area contributed by atoms with Crippen LogP contribution in [0.15, 0.2) is 67.0 Å². The smallest absolute Gasteiger partial charge is 0.274 e. The monoisotopic (exact) mass is 339 g/mol. The number of aromatic nitrogens is 2. The largest absolute Gasteiger partial charge is 0.486 e. The topological polar surface area (TPSA) is 64.1 Å². The maximum absolute atomic E-state index is 12.1. The number of hydrogen-bond acceptors (Lipinski definition) is 4. The quantitative estimate of drug-likeness (QED) is 0.764. The summed E-state index contributed by atoms with van der Waals surface area (Å²) in [6, 6.07) is 15.8. The first kappa shape index (κ1) is 16.0. The molecule has 0 aliphatic carbocycles. The van der Waals surface area contributed by atoms with E-state index >= 15 is 0 Å². The third kappa shape index (κ3) is 4.08. The minimum atomic E-state index is -0.297. The Bertz CT molecular complexity index is 826. The molecule has 0 atom stereocenters. The molecular weight excluding hydrogens is 326 g/mol.